The highest BCUT2D eigenvalue weighted by Crippen LogP contribution is 2.16. The molecule has 2 atom stereocenters. The van der Waals surface area contributed by atoms with E-state index in [0.717, 1.165) is 11.3 Å². The van der Waals surface area contributed by atoms with Crippen LogP contribution < -0.4 is 10.5 Å². The molecule has 0 fully saturated rings. The third-order valence-corrected chi connectivity index (χ3v) is 2.25. The molecule has 3 N–H and O–H groups in total. The Labute approximate surface area is 90.9 Å². The van der Waals surface area contributed by atoms with Gasteiger partial charge in [0, 0.05) is 18.6 Å². The van der Waals surface area contributed by atoms with Crippen molar-refractivity contribution in [1.29, 1.82) is 0 Å². The van der Waals surface area contributed by atoms with Gasteiger partial charge in [-0.1, -0.05) is 19.1 Å². The van der Waals surface area contributed by atoms with E-state index in [9.17, 15) is 0 Å². The quantitative estimate of drug-likeness (QED) is 0.776. The highest BCUT2D eigenvalue weighted by molar-refractivity contribution is 5.28. The molecule has 0 bridgehead atoms. The van der Waals surface area contributed by atoms with Crippen molar-refractivity contribution >= 4 is 0 Å². The van der Waals surface area contributed by atoms with Gasteiger partial charge in [-0.25, -0.2) is 0 Å². The molecule has 84 valence electrons. The summed E-state index contributed by atoms with van der Waals surface area (Å²) in [6, 6.07) is 7.79. The van der Waals surface area contributed by atoms with Crippen LogP contribution in [0.3, 0.4) is 0 Å². The molecule has 1 aromatic carbocycles. The first-order chi connectivity index (χ1) is 7.13. The summed E-state index contributed by atoms with van der Waals surface area (Å²) in [7, 11) is 0. The lowest BCUT2D eigenvalue weighted by Gasteiger charge is -2.11. The van der Waals surface area contributed by atoms with E-state index in [-0.39, 0.29) is 18.6 Å². The second-order valence-electron chi connectivity index (χ2n) is 3.96. The van der Waals surface area contributed by atoms with Gasteiger partial charge in [0.1, 0.15) is 5.75 Å². The van der Waals surface area contributed by atoms with Gasteiger partial charge < -0.3 is 15.6 Å². The predicted octanol–water partition coefficient (Wildman–Crippen LogP) is 1.71. The molecule has 0 aromatic heterocycles. The fourth-order valence-corrected chi connectivity index (χ4v) is 1.16. The normalized spacial score (nSPS) is 14.7. The molecule has 0 saturated heterocycles. The zero-order chi connectivity index (χ0) is 11.3. The van der Waals surface area contributed by atoms with E-state index in [2.05, 4.69) is 0 Å². The van der Waals surface area contributed by atoms with Crippen LogP contribution in [0, 0.1) is 5.92 Å². The highest BCUT2D eigenvalue weighted by Gasteiger charge is 2.02. The van der Waals surface area contributed by atoms with Crippen molar-refractivity contribution in [3.63, 3.8) is 0 Å². The topological polar surface area (TPSA) is 55.5 Å². The minimum Gasteiger partial charge on any atom is -0.493 e. The first-order valence-corrected chi connectivity index (χ1v) is 5.22. The van der Waals surface area contributed by atoms with E-state index in [0.29, 0.717) is 6.61 Å². The Morgan fingerprint density at radius 3 is 2.33 bits per heavy atom. The van der Waals surface area contributed by atoms with Crippen LogP contribution in [-0.2, 0) is 0 Å². The fraction of sp³-hybridized carbons (Fsp3) is 0.500. The number of nitrogens with two attached hydrogens (primary N) is 1. The monoisotopic (exact) mass is 209 g/mol. The predicted molar refractivity (Wildman–Crippen MR) is 60.8 cm³/mol. The lowest BCUT2D eigenvalue weighted by molar-refractivity contribution is 0.174. The molecule has 0 heterocycles. The van der Waals surface area contributed by atoms with E-state index < -0.39 is 0 Å². The summed E-state index contributed by atoms with van der Waals surface area (Å²) in [6.45, 7) is 4.58. The summed E-state index contributed by atoms with van der Waals surface area (Å²) in [5.74, 6) is 0.984. The maximum Gasteiger partial charge on any atom is 0.119 e. The largest absolute Gasteiger partial charge is 0.493 e. The lowest BCUT2D eigenvalue weighted by Crippen LogP contribution is -2.12. The Balaban J connectivity index is 2.50. The second kappa shape index (κ2) is 5.73. The number of benzene rings is 1. The Morgan fingerprint density at radius 2 is 1.87 bits per heavy atom. The van der Waals surface area contributed by atoms with E-state index in [1.54, 1.807) is 0 Å². The summed E-state index contributed by atoms with van der Waals surface area (Å²) >= 11 is 0. The van der Waals surface area contributed by atoms with Crippen LogP contribution in [0.25, 0.3) is 0 Å². The van der Waals surface area contributed by atoms with Crippen LogP contribution in [0.5, 0.6) is 5.75 Å². The maximum absolute atomic E-state index is 8.83. The SMILES string of the molecule is CC(CO)COc1ccc([C@@H](C)N)cc1. The number of rotatable bonds is 5. The van der Waals surface area contributed by atoms with Gasteiger partial charge in [0.2, 0.25) is 0 Å². The molecule has 15 heavy (non-hydrogen) atoms. The van der Waals surface area contributed by atoms with Crippen LogP contribution in [-0.4, -0.2) is 18.3 Å². The van der Waals surface area contributed by atoms with Crippen molar-refractivity contribution in [2.45, 2.75) is 19.9 Å². The minimum atomic E-state index is 0.0513. The number of aliphatic hydroxyl groups excluding tert-OH is 1. The van der Waals surface area contributed by atoms with Gasteiger partial charge in [0.25, 0.3) is 0 Å². The standard InChI is InChI=1S/C12H19NO2/c1-9(7-14)8-15-12-5-3-11(4-6-12)10(2)13/h3-6,9-10,14H,7-8,13H2,1-2H3/t9?,10-/m1/s1. The number of hydrogen-bond acceptors (Lipinski definition) is 3. The molecular weight excluding hydrogens is 190 g/mol. The van der Waals surface area contributed by atoms with Gasteiger partial charge in [-0.05, 0) is 24.6 Å². The summed E-state index contributed by atoms with van der Waals surface area (Å²) in [6.07, 6.45) is 0. The molecule has 0 spiro atoms. The Bertz CT molecular complexity index is 282. The molecule has 0 saturated carbocycles. The fourth-order valence-electron chi connectivity index (χ4n) is 1.16. The molecule has 0 amide bonds. The zero-order valence-corrected chi connectivity index (χ0v) is 9.31. The summed E-state index contributed by atoms with van der Waals surface area (Å²) in [5, 5.41) is 8.83. The van der Waals surface area contributed by atoms with E-state index in [1.165, 1.54) is 0 Å². The van der Waals surface area contributed by atoms with Crippen molar-refractivity contribution in [3.05, 3.63) is 29.8 Å². The van der Waals surface area contributed by atoms with Crippen LogP contribution >= 0.6 is 0 Å². The van der Waals surface area contributed by atoms with Gasteiger partial charge in [-0.2, -0.15) is 0 Å². The Hall–Kier alpha value is -1.06. The van der Waals surface area contributed by atoms with Crippen LogP contribution in [0.1, 0.15) is 25.5 Å². The first-order valence-electron chi connectivity index (χ1n) is 5.22. The third kappa shape index (κ3) is 3.90. The van der Waals surface area contributed by atoms with E-state index >= 15 is 0 Å². The molecule has 1 rings (SSSR count). The summed E-state index contributed by atoms with van der Waals surface area (Å²) < 4.78 is 5.49. The van der Waals surface area contributed by atoms with Crippen LogP contribution in [0.15, 0.2) is 24.3 Å². The molecule has 0 aliphatic heterocycles. The Kier molecular flexibility index (Phi) is 4.59. The molecule has 0 radical (unpaired) electrons. The van der Waals surface area contributed by atoms with Crippen molar-refractivity contribution in [3.8, 4) is 5.75 Å². The average molecular weight is 209 g/mol. The molecular formula is C12H19NO2. The summed E-state index contributed by atoms with van der Waals surface area (Å²) in [5.41, 5.74) is 6.83. The molecule has 3 nitrogen and oxygen atoms in total. The molecule has 1 unspecified atom stereocenters. The van der Waals surface area contributed by atoms with Gasteiger partial charge >= 0.3 is 0 Å². The first kappa shape index (κ1) is 12.0. The zero-order valence-electron chi connectivity index (χ0n) is 9.31. The van der Waals surface area contributed by atoms with Gasteiger partial charge in [-0.15, -0.1) is 0 Å². The van der Waals surface area contributed by atoms with Crippen molar-refractivity contribution in [2.75, 3.05) is 13.2 Å². The van der Waals surface area contributed by atoms with Gasteiger partial charge in [-0.3, -0.25) is 0 Å². The van der Waals surface area contributed by atoms with Crippen LogP contribution in [0.2, 0.25) is 0 Å². The van der Waals surface area contributed by atoms with E-state index in [1.807, 2.05) is 38.1 Å². The molecule has 3 heteroatoms. The molecule has 0 aliphatic carbocycles. The second-order valence-corrected chi connectivity index (χ2v) is 3.96. The van der Waals surface area contributed by atoms with Crippen molar-refractivity contribution in [2.24, 2.45) is 11.7 Å². The average Bonchev–Trinajstić information content (AvgIpc) is 2.26. The van der Waals surface area contributed by atoms with Crippen molar-refractivity contribution < 1.29 is 9.84 Å². The lowest BCUT2D eigenvalue weighted by atomic mass is 10.1. The molecule has 0 aliphatic rings. The van der Waals surface area contributed by atoms with Crippen LogP contribution in [0.4, 0.5) is 0 Å². The maximum atomic E-state index is 8.83. The smallest absolute Gasteiger partial charge is 0.119 e. The highest BCUT2D eigenvalue weighted by atomic mass is 16.5. The van der Waals surface area contributed by atoms with Gasteiger partial charge in [0.15, 0.2) is 0 Å². The van der Waals surface area contributed by atoms with E-state index in [4.69, 9.17) is 15.6 Å². The molecule has 1 aromatic rings. The number of ether oxygens (including phenoxy) is 1. The number of aliphatic hydroxyl groups is 1. The third-order valence-electron chi connectivity index (χ3n) is 2.25. The summed E-state index contributed by atoms with van der Waals surface area (Å²) in [4.78, 5) is 0. The number of hydrogen-bond donors (Lipinski definition) is 2. The van der Waals surface area contributed by atoms with Gasteiger partial charge in [0.05, 0.1) is 6.61 Å². The Morgan fingerprint density at radius 1 is 1.27 bits per heavy atom. The van der Waals surface area contributed by atoms with Crippen molar-refractivity contribution in [1.82, 2.24) is 0 Å². The minimum absolute atomic E-state index is 0.0513.